The van der Waals surface area contributed by atoms with Crippen LogP contribution in [-0.2, 0) is 11.3 Å². The van der Waals surface area contributed by atoms with E-state index in [1.807, 2.05) is 0 Å². The molecule has 0 bridgehead atoms. The van der Waals surface area contributed by atoms with Crippen molar-refractivity contribution in [1.82, 2.24) is 9.78 Å². The third-order valence-electron chi connectivity index (χ3n) is 2.11. The molecular weight excluding hydrogens is 182 g/mol. The highest BCUT2D eigenvalue weighted by atomic mass is 16.1. The summed E-state index contributed by atoms with van der Waals surface area (Å²) < 4.78 is 1.50. The normalized spacial score (nSPS) is 10.2. The van der Waals surface area contributed by atoms with Gasteiger partial charge in [0, 0.05) is 11.3 Å². The van der Waals surface area contributed by atoms with Crippen LogP contribution in [-0.4, -0.2) is 21.5 Å². The van der Waals surface area contributed by atoms with Gasteiger partial charge in [0.25, 0.3) is 5.91 Å². The molecule has 1 aromatic rings. The maximum atomic E-state index is 10.9. The highest BCUT2D eigenvalue weighted by Gasteiger charge is 2.15. The van der Waals surface area contributed by atoms with E-state index in [9.17, 15) is 9.59 Å². The zero-order chi connectivity index (χ0) is 10.9. The van der Waals surface area contributed by atoms with Crippen LogP contribution in [0.2, 0.25) is 0 Å². The minimum atomic E-state index is -0.562. The fourth-order valence-electron chi connectivity index (χ4n) is 1.23. The van der Waals surface area contributed by atoms with E-state index in [2.05, 4.69) is 5.10 Å². The number of amides is 1. The average Bonchev–Trinajstić information content (AvgIpc) is 2.32. The monoisotopic (exact) mass is 195 g/mol. The summed E-state index contributed by atoms with van der Waals surface area (Å²) in [5.74, 6) is -0.570. The average molecular weight is 195 g/mol. The van der Waals surface area contributed by atoms with Gasteiger partial charge in [0.2, 0.25) is 0 Å². The Kier molecular flexibility index (Phi) is 2.69. The first kappa shape index (κ1) is 10.4. The van der Waals surface area contributed by atoms with Gasteiger partial charge in [-0.15, -0.1) is 0 Å². The molecular formula is C9H13N3O2. The molecule has 0 fully saturated rings. The molecule has 0 aromatic carbocycles. The Morgan fingerprint density at radius 3 is 2.36 bits per heavy atom. The van der Waals surface area contributed by atoms with Gasteiger partial charge in [-0.25, -0.2) is 0 Å². The molecule has 5 heteroatoms. The Hall–Kier alpha value is -1.65. The second kappa shape index (κ2) is 3.61. The lowest BCUT2D eigenvalue weighted by atomic mass is 10.2. The summed E-state index contributed by atoms with van der Waals surface area (Å²) in [6.07, 6.45) is 0. The number of hydrogen-bond acceptors (Lipinski definition) is 3. The predicted molar refractivity (Wildman–Crippen MR) is 50.9 cm³/mol. The fourth-order valence-corrected chi connectivity index (χ4v) is 1.23. The molecule has 0 aliphatic carbocycles. The summed E-state index contributed by atoms with van der Waals surface area (Å²) in [5, 5.41) is 3.97. The molecule has 0 atom stereocenters. The van der Waals surface area contributed by atoms with Crippen molar-refractivity contribution in [2.75, 3.05) is 0 Å². The van der Waals surface area contributed by atoms with Gasteiger partial charge in [-0.3, -0.25) is 14.3 Å². The van der Waals surface area contributed by atoms with Crippen molar-refractivity contribution >= 4 is 11.7 Å². The second-order valence-corrected chi connectivity index (χ2v) is 3.28. The Balaban J connectivity index is 3.15. The summed E-state index contributed by atoms with van der Waals surface area (Å²) in [4.78, 5) is 21.8. The summed E-state index contributed by atoms with van der Waals surface area (Å²) in [6.45, 7) is 5.22. The smallest absolute Gasteiger partial charge is 0.269 e. The number of hydrogen-bond donors (Lipinski definition) is 1. The van der Waals surface area contributed by atoms with Crippen molar-refractivity contribution in [3.63, 3.8) is 0 Å². The van der Waals surface area contributed by atoms with E-state index in [0.29, 0.717) is 0 Å². The number of Topliss-reactive ketones (excluding diaryl/α,β-unsaturated/α-hetero) is 1. The number of nitrogens with zero attached hydrogens (tertiary/aromatic N) is 2. The van der Waals surface area contributed by atoms with E-state index in [1.165, 1.54) is 11.6 Å². The molecule has 1 heterocycles. The number of rotatable bonds is 3. The van der Waals surface area contributed by atoms with Gasteiger partial charge < -0.3 is 5.73 Å². The van der Waals surface area contributed by atoms with Gasteiger partial charge in [-0.2, -0.15) is 5.10 Å². The lowest BCUT2D eigenvalue weighted by Gasteiger charge is -1.99. The van der Waals surface area contributed by atoms with Crippen LogP contribution < -0.4 is 5.73 Å². The van der Waals surface area contributed by atoms with Crippen LogP contribution in [0, 0.1) is 13.8 Å². The van der Waals surface area contributed by atoms with Crippen molar-refractivity contribution < 1.29 is 9.59 Å². The largest absolute Gasteiger partial charge is 0.364 e. The standard InChI is InChI=1S/C9H13N3O2/c1-5(13)4-12-7(3)6(2)8(11-12)9(10)14/h4H2,1-3H3,(H2,10,14). The van der Waals surface area contributed by atoms with Gasteiger partial charge in [0.05, 0.1) is 6.54 Å². The molecule has 2 N–H and O–H groups in total. The molecule has 5 nitrogen and oxygen atoms in total. The zero-order valence-electron chi connectivity index (χ0n) is 8.50. The minimum Gasteiger partial charge on any atom is -0.364 e. The topological polar surface area (TPSA) is 78.0 Å². The first-order valence-corrected chi connectivity index (χ1v) is 4.26. The summed E-state index contributed by atoms with van der Waals surface area (Å²) in [7, 11) is 0. The number of aromatic nitrogens is 2. The van der Waals surface area contributed by atoms with Gasteiger partial charge in [-0.1, -0.05) is 0 Å². The van der Waals surface area contributed by atoms with Crippen LogP contribution in [0.1, 0.15) is 28.7 Å². The van der Waals surface area contributed by atoms with E-state index >= 15 is 0 Å². The van der Waals surface area contributed by atoms with Crippen LogP contribution in [0.4, 0.5) is 0 Å². The summed E-state index contributed by atoms with van der Waals surface area (Å²) >= 11 is 0. The number of carbonyl (C=O) groups is 2. The maximum absolute atomic E-state index is 10.9. The molecule has 0 unspecified atom stereocenters. The van der Waals surface area contributed by atoms with Gasteiger partial charge in [0.1, 0.15) is 0 Å². The van der Waals surface area contributed by atoms with E-state index in [-0.39, 0.29) is 18.0 Å². The third kappa shape index (κ3) is 1.81. The molecule has 76 valence electrons. The Morgan fingerprint density at radius 2 is 2.00 bits per heavy atom. The second-order valence-electron chi connectivity index (χ2n) is 3.28. The zero-order valence-corrected chi connectivity index (χ0v) is 8.50. The van der Waals surface area contributed by atoms with Crippen LogP contribution in [0.25, 0.3) is 0 Å². The molecule has 0 spiro atoms. The molecule has 0 saturated carbocycles. The van der Waals surface area contributed by atoms with E-state index < -0.39 is 5.91 Å². The first-order chi connectivity index (χ1) is 6.43. The summed E-state index contributed by atoms with van der Waals surface area (Å²) in [5.41, 5.74) is 6.90. The van der Waals surface area contributed by atoms with E-state index in [1.54, 1.807) is 13.8 Å². The van der Waals surface area contributed by atoms with E-state index in [0.717, 1.165) is 11.3 Å². The van der Waals surface area contributed by atoms with Crippen molar-refractivity contribution in [3.05, 3.63) is 17.0 Å². The summed E-state index contributed by atoms with van der Waals surface area (Å²) in [6, 6.07) is 0. The predicted octanol–water partition coefficient (Wildman–Crippen LogP) is 0.188. The Labute approximate surface area is 81.9 Å². The van der Waals surface area contributed by atoms with Gasteiger partial charge >= 0.3 is 0 Å². The fraction of sp³-hybridized carbons (Fsp3) is 0.444. The minimum absolute atomic E-state index is 0.00776. The SMILES string of the molecule is CC(=O)Cn1nc(C(N)=O)c(C)c1C. The van der Waals surface area contributed by atoms with Crippen molar-refractivity contribution in [1.29, 1.82) is 0 Å². The number of ketones is 1. The molecule has 0 aliphatic heterocycles. The first-order valence-electron chi connectivity index (χ1n) is 4.26. The Morgan fingerprint density at radius 1 is 1.43 bits per heavy atom. The quantitative estimate of drug-likeness (QED) is 0.747. The number of primary amides is 1. The van der Waals surface area contributed by atoms with Gasteiger partial charge in [0.15, 0.2) is 11.5 Å². The maximum Gasteiger partial charge on any atom is 0.269 e. The van der Waals surface area contributed by atoms with Crippen molar-refractivity contribution in [2.24, 2.45) is 5.73 Å². The highest BCUT2D eigenvalue weighted by molar-refractivity contribution is 5.92. The van der Waals surface area contributed by atoms with Crippen LogP contribution >= 0.6 is 0 Å². The number of carbonyl (C=O) groups excluding carboxylic acids is 2. The van der Waals surface area contributed by atoms with Crippen molar-refractivity contribution in [3.8, 4) is 0 Å². The van der Waals surface area contributed by atoms with Crippen LogP contribution in [0.15, 0.2) is 0 Å². The molecule has 0 saturated heterocycles. The molecule has 0 radical (unpaired) electrons. The lowest BCUT2D eigenvalue weighted by molar-refractivity contribution is -0.117. The molecule has 0 aliphatic rings. The molecule has 1 amide bonds. The highest BCUT2D eigenvalue weighted by Crippen LogP contribution is 2.11. The molecule has 1 rings (SSSR count). The van der Waals surface area contributed by atoms with Crippen molar-refractivity contribution in [2.45, 2.75) is 27.3 Å². The third-order valence-corrected chi connectivity index (χ3v) is 2.11. The van der Waals surface area contributed by atoms with Gasteiger partial charge in [-0.05, 0) is 20.8 Å². The Bertz CT molecular complexity index is 393. The van der Waals surface area contributed by atoms with E-state index in [4.69, 9.17) is 5.73 Å². The lowest BCUT2D eigenvalue weighted by Crippen LogP contribution is -2.14. The molecule has 1 aromatic heterocycles. The van der Waals surface area contributed by atoms with Crippen LogP contribution in [0.3, 0.4) is 0 Å². The van der Waals surface area contributed by atoms with Crippen LogP contribution in [0.5, 0.6) is 0 Å². The number of nitrogens with two attached hydrogens (primary N) is 1. The molecule has 14 heavy (non-hydrogen) atoms.